The Bertz CT molecular complexity index is 561. The summed E-state index contributed by atoms with van der Waals surface area (Å²) in [5.74, 6) is 0.947. The molecule has 0 fully saturated rings. The van der Waals surface area contributed by atoms with E-state index in [0.717, 1.165) is 24.3 Å². The van der Waals surface area contributed by atoms with Crippen molar-refractivity contribution in [1.29, 1.82) is 0 Å². The summed E-state index contributed by atoms with van der Waals surface area (Å²) < 4.78 is 1.93. The van der Waals surface area contributed by atoms with E-state index in [2.05, 4.69) is 30.5 Å². The minimum atomic E-state index is 0.296. The van der Waals surface area contributed by atoms with Crippen LogP contribution in [0.3, 0.4) is 0 Å². The van der Waals surface area contributed by atoms with Crippen molar-refractivity contribution in [2.24, 2.45) is 5.92 Å². The summed E-state index contributed by atoms with van der Waals surface area (Å²) in [5.41, 5.74) is 3.33. The number of hydrogen-bond acceptors (Lipinski definition) is 3. The normalized spacial score (nSPS) is 11.2. The van der Waals surface area contributed by atoms with Gasteiger partial charge in [-0.3, -0.25) is 4.68 Å². The molecule has 0 aliphatic carbocycles. The van der Waals surface area contributed by atoms with Crippen molar-refractivity contribution in [3.63, 3.8) is 0 Å². The van der Waals surface area contributed by atoms with Crippen LogP contribution in [0.15, 0.2) is 30.5 Å². The number of aryl methyl sites for hydroxylation is 1. The minimum absolute atomic E-state index is 0.296. The van der Waals surface area contributed by atoms with Gasteiger partial charge in [0.25, 0.3) is 0 Å². The summed E-state index contributed by atoms with van der Waals surface area (Å²) in [4.78, 5) is 0. The first-order chi connectivity index (χ1) is 9.54. The molecule has 108 valence electrons. The largest absolute Gasteiger partial charge is 0.508 e. The quantitative estimate of drug-likeness (QED) is 0.851. The van der Waals surface area contributed by atoms with Gasteiger partial charge in [0.05, 0.1) is 12.2 Å². The van der Waals surface area contributed by atoms with Gasteiger partial charge in [-0.05, 0) is 37.1 Å². The fourth-order valence-corrected chi connectivity index (χ4v) is 2.15. The number of rotatable bonds is 6. The van der Waals surface area contributed by atoms with Gasteiger partial charge >= 0.3 is 0 Å². The molecule has 4 nitrogen and oxygen atoms in total. The second kappa shape index (κ2) is 6.57. The summed E-state index contributed by atoms with van der Waals surface area (Å²) in [6.07, 6.45) is 2.08. The average molecular weight is 273 g/mol. The van der Waals surface area contributed by atoms with E-state index in [1.807, 2.05) is 23.7 Å². The Morgan fingerprint density at radius 3 is 2.85 bits per heavy atom. The zero-order valence-electron chi connectivity index (χ0n) is 12.4. The van der Waals surface area contributed by atoms with E-state index < -0.39 is 0 Å². The number of phenols is 1. The number of benzene rings is 1. The fraction of sp³-hybridized carbons (Fsp3) is 0.438. The van der Waals surface area contributed by atoms with E-state index in [4.69, 9.17) is 0 Å². The zero-order valence-corrected chi connectivity index (χ0v) is 12.4. The molecular formula is C16H23N3O. The Morgan fingerprint density at radius 1 is 1.35 bits per heavy atom. The van der Waals surface area contributed by atoms with Gasteiger partial charge in [0.15, 0.2) is 0 Å². The van der Waals surface area contributed by atoms with Crippen LogP contribution in [0.1, 0.15) is 30.7 Å². The van der Waals surface area contributed by atoms with Crippen molar-refractivity contribution >= 4 is 0 Å². The Balaban J connectivity index is 2.00. The van der Waals surface area contributed by atoms with Crippen molar-refractivity contribution < 1.29 is 5.11 Å². The van der Waals surface area contributed by atoms with Crippen molar-refractivity contribution in [3.05, 3.63) is 47.3 Å². The predicted molar refractivity (Wildman–Crippen MR) is 80.7 cm³/mol. The number of nitrogens with one attached hydrogen (secondary N) is 1. The van der Waals surface area contributed by atoms with Crippen molar-refractivity contribution in [3.8, 4) is 5.75 Å². The lowest BCUT2D eigenvalue weighted by Gasteiger charge is -2.06. The third kappa shape index (κ3) is 4.10. The molecule has 0 saturated carbocycles. The molecule has 0 radical (unpaired) electrons. The van der Waals surface area contributed by atoms with Crippen molar-refractivity contribution in [2.75, 3.05) is 6.54 Å². The Labute approximate surface area is 120 Å². The molecule has 4 heteroatoms. The zero-order chi connectivity index (χ0) is 14.5. The molecule has 2 rings (SSSR count). The summed E-state index contributed by atoms with van der Waals surface area (Å²) >= 11 is 0. The maximum absolute atomic E-state index is 9.48. The monoisotopic (exact) mass is 273 g/mol. The number of aromatic hydroxyl groups is 1. The molecule has 1 aromatic heterocycles. The number of aromatic nitrogens is 2. The molecule has 0 unspecified atom stereocenters. The maximum Gasteiger partial charge on any atom is 0.115 e. The van der Waals surface area contributed by atoms with Crippen molar-refractivity contribution in [1.82, 2.24) is 15.1 Å². The molecule has 1 heterocycles. The van der Waals surface area contributed by atoms with Crippen LogP contribution < -0.4 is 5.32 Å². The summed E-state index contributed by atoms with van der Waals surface area (Å²) in [7, 11) is 0. The van der Waals surface area contributed by atoms with Crippen LogP contribution in [-0.2, 0) is 13.1 Å². The van der Waals surface area contributed by atoms with Crippen LogP contribution in [0.25, 0.3) is 0 Å². The molecular weight excluding hydrogens is 250 g/mol. The Morgan fingerprint density at radius 2 is 2.15 bits per heavy atom. The number of nitrogens with zero attached hydrogens (tertiary/aromatic N) is 2. The van der Waals surface area contributed by atoms with Crippen LogP contribution in [0.4, 0.5) is 0 Å². The maximum atomic E-state index is 9.48. The lowest BCUT2D eigenvalue weighted by Crippen LogP contribution is -2.19. The van der Waals surface area contributed by atoms with E-state index in [1.54, 1.807) is 12.1 Å². The molecule has 0 amide bonds. The molecule has 0 saturated heterocycles. The molecule has 1 aromatic carbocycles. The highest BCUT2D eigenvalue weighted by Crippen LogP contribution is 2.13. The SMILES string of the molecule is Cc1nn(Cc2cccc(O)c2)cc1CNCC(C)C. The van der Waals surface area contributed by atoms with Gasteiger partial charge in [0.2, 0.25) is 0 Å². The highest BCUT2D eigenvalue weighted by atomic mass is 16.3. The first-order valence-electron chi connectivity index (χ1n) is 7.06. The second-order valence-corrected chi connectivity index (χ2v) is 5.63. The molecule has 0 spiro atoms. The van der Waals surface area contributed by atoms with E-state index in [1.165, 1.54) is 5.56 Å². The van der Waals surface area contributed by atoms with Crippen LogP contribution in [0.2, 0.25) is 0 Å². The van der Waals surface area contributed by atoms with Crippen LogP contribution >= 0.6 is 0 Å². The number of hydrogen-bond donors (Lipinski definition) is 2. The highest BCUT2D eigenvalue weighted by Gasteiger charge is 2.06. The fourth-order valence-electron chi connectivity index (χ4n) is 2.15. The van der Waals surface area contributed by atoms with Crippen LogP contribution in [0, 0.1) is 12.8 Å². The minimum Gasteiger partial charge on any atom is -0.508 e. The lowest BCUT2D eigenvalue weighted by molar-refractivity contribution is 0.474. The first kappa shape index (κ1) is 14.6. The smallest absolute Gasteiger partial charge is 0.115 e. The van der Waals surface area contributed by atoms with Gasteiger partial charge in [-0.2, -0.15) is 5.10 Å². The van der Waals surface area contributed by atoms with Gasteiger partial charge in [-0.15, -0.1) is 0 Å². The first-order valence-corrected chi connectivity index (χ1v) is 7.06. The van der Waals surface area contributed by atoms with E-state index in [-0.39, 0.29) is 0 Å². The Hall–Kier alpha value is -1.81. The highest BCUT2D eigenvalue weighted by molar-refractivity contribution is 5.27. The molecule has 2 N–H and O–H groups in total. The third-order valence-electron chi connectivity index (χ3n) is 3.17. The van der Waals surface area contributed by atoms with E-state index in [0.29, 0.717) is 18.2 Å². The van der Waals surface area contributed by atoms with Gasteiger partial charge in [0.1, 0.15) is 5.75 Å². The topological polar surface area (TPSA) is 50.1 Å². The van der Waals surface area contributed by atoms with Crippen LogP contribution in [-0.4, -0.2) is 21.4 Å². The van der Waals surface area contributed by atoms with Gasteiger partial charge in [-0.1, -0.05) is 26.0 Å². The van der Waals surface area contributed by atoms with E-state index >= 15 is 0 Å². The summed E-state index contributed by atoms with van der Waals surface area (Å²) in [6.45, 7) is 8.97. The van der Waals surface area contributed by atoms with Crippen LogP contribution in [0.5, 0.6) is 5.75 Å². The van der Waals surface area contributed by atoms with E-state index in [9.17, 15) is 5.11 Å². The predicted octanol–water partition coefficient (Wildman–Crippen LogP) is 2.69. The number of phenolic OH excluding ortho intramolecular Hbond substituents is 1. The lowest BCUT2D eigenvalue weighted by atomic mass is 10.2. The van der Waals surface area contributed by atoms with Gasteiger partial charge in [-0.25, -0.2) is 0 Å². The molecule has 0 aliphatic heterocycles. The molecule has 0 aliphatic rings. The molecule has 0 atom stereocenters. The average Bonchev–Trinajstić information content (AvgIpc) is 2.69. The standard InChI is InChI=1S/C16H23N3O/c1-12(2)8-17-9-15-11-19(18-13(15)3)10-14-5-4-6-16(20)7-14/h4-7,11-12,17,20H,8-10H2,1-3H3. The summed E-state index contributed by atoms with van der Waals surface area (Å²) in [5, 5.41) is 17.4. The molecule has 0 bridgehead atoms. The summed E-state index contributed by atoms with van der Waals surface area (Å²) in [6, 6.07) is 7.30. The second-order valence-electron chi connectivity index (χ2n) is 5.63. The van der Waals surface area contributed by atoms with Crippen molar-refractivity contribution in [2.45, 2.75) is 33.9 Å². The molecule has 20 heavy (non-hydrogen) atoms. The van der Waals surface area contributed by atoms with Gasteiger partial charge in [0, 0.05) is 18.3 Å². The molecule has 2 aromatic rings. The van der Waals surface area contributed by atoms with Gasteiger partial charge < -0.3 is 10.4 Å². The Kier molecular flexibility index (Phi) is 4.79. The third-order valence-corrected chi connectivity index (χ3v) is 3.17.